The molecule has 0 aromatic heterocycles. The van der Waals surface area contributed by atoms with Crippen LogP contribution in [-0.4, -0.2) is 6.21 Å². The Labute approximate surface area is 75.9 Å². The molecule has 0 saturated heterocycles. The highest BCUT2D eigenvalue weighted by Crippen LogP contribution is 2.17. The van der Waals surface area contributed by atoms with Gasteiger partial charge >= 0.3 is 0 Å². The molecule has 0 bridgehead atoms. The van der Waals surface area contributed by atoms with Crippen molar-refractivity contribution in [3.63, 3.8) is 0 Å². The molecule has 68 valence electrons. The lowest BCUT2D eigenvalue weighted by Gasteiger charge is -2.10. The molecule has 1 aliphatic heterocycles. The first-order chi connectivity index (χ1) is 5.60. The van der Waals surface area contributed by atoms with E-state index in [0.717, 1.165) is 0 Å². The molecule has 0 fully saturated rings. The zero-order chi connectivity index (χ0) is 9.61. The molecule has 0 N–H and O–H groups in total. The van der Waals surface area contributed by atoms with Gasteiger partial charge in [-0.25, -0.2) is 0 Å². The minimum atomic E-state index is 0.119. The van der Waals surface area contributed by atoms with Crippen LogP contribution in [0.3, 0.4) is 0 Å². The summed E-state index contributed by atoms with van der Waals surface area (Å²) in [5.41, 5.74) is 1.33. The van der Waals surface area contributed by atoms with Gasteiger partial charge in [-0.1, -0.05) is 39.8 Å². The third-order valence-corrected chi connectivity index (χ3v) is 1.46. The first kappa shape index (κ1) is 11.2. The van der Waals surface area contributed by atoms with Gasteiger partial charge in [0.1, 0.15) is 0 Å². The second-order valence-electron chi connectivity index (χ2n) is 3.31. The van der Waals surface area contributed by atoms with E-state index in [-0.39, 0.29) is 5.41 Å². The van der Waals surface area contributed by atoms with E-state index < -0.39 is 0 Å². The molecular formula is C11H19N. The topological polar surface area (TPSA) is 12.4 Å². The molecule has 0 aromatic carbocycles. The van der Waals surface area contributed by atoms with Crippen molar-refractivity contribution in [3.05, 3.63) is 23.9 Å². The molecule has 12 heavy (non-hydrogen) atoms. The maximum atomic E-state index is 4.16. The largest absolute Gasteiger partial charge is 0.268 e. The van der Waals surface area contributed by atoms with Crippen LogP contribution in [0.25, 0.3) is 0 Å². The van der Waals surface area contributed by atoms with Gasteiger partial charge in [0.25, 0.3) is 0 Å². The monoisotopic (exact) mass is 165 g/mol. The molecule has 0 saturated carbocycles. The second-order valence-corrected chi connectivity index (χ2v) is 3.31. The quantitative estimate of drug-likeness (QED) is 0.520. The van der Waals surface area contributed by atoms with Gasteiger partial charge in [-0.05, 0) is 12.5 Å². The van der Waals surface area contributed by atoms with Gasteiger partial charge in [-0.3, -0.25) is 4.99 Å². The molecule has 0 aliphatic carbocycles. The zero-order valence-electron chi connectivity index (χ0n) is 8.76. The fraction of sp³-hybridized carbons (Fsp3) is 0.545. The van der Waals surface area contributed by atoms with E-state index in [1.165, 1.54) is 5.57 Å². The summed E-state index contributed by atoms with van der Waals surface area (Å²) in [6, 6.07) is 0. The molecule has 0 amide bonds. The standard InChI is InChI=1S/C9H13N.C2H6/c1-8-4-5-9(2,3)7-10-6-8;1-2/h4-7H,1-3H3;1-2H3. The second kappa shape index (κ2) is 4.91. The van der Waals surface area contributed by atoms with Gasteiger partial charge in [0, 0.05) is 17.8 Å². The van der Waals surface area contributed by atoms with Crippen LogP contribution in [0.4, 0.5) is 0 Å². The Morgan fingerprint density at radius 1 is 1.25 bits per heavy atom. The van der Waals surface area contributed by atoms with Gasteiger partial charge in [0.05, 0.1) is 0 Å². The van der Waals surface area contributed by atoms with Crippen LogP contribution in [0.2, 0.25) is 0 Å². The number of allylic oxidation sites excluding steroid dienone is 3. The van der Waals surface area contributed by atoms with E-state index in [1.54, 1.807) is 0 Å². The number of hydrogen-bond acceptors (Lipinski definition) is 1. The minimum absolute atomic E-state index is 0.119. The van der Waals surface area contributed by atoms with E-state index in [1.807, 2.05) is 26.3 Å². The summed E-state index contributed by atoms with van der Waals surface area (Å²) in [7, 11) is 0. The normalized spacial score (nSPS) is 18.9. The highest BCUT2D eigenvalue weighted by atomic mass is 14.7. The molecule has 0 spiro atoms. The van der Waals surface area contributed by atoms with Crippen LogP contribution >= 0.6 is 0 Å². The zero-order valence-corrected chi connectivity index (χ0v) is 8.76. The maximum Gasteiger partial charge on any atom is 0.0293 e. The van der Waals surface area contributed by atoms with E-state index in [2.05, 4.69) is 37.9 Å². The van der Waals surface area contributed by atoms with Crippen molar-refractivity contribution in [3.8, 4) is 0 Å². The molecular weight excluding hydrogens is 146 g/mol. The van der Waals surface area contributed by atoms with Crippen molar-refractivity contribution < 1.29 is 0 Å². The summed E-state index contributed by atoms with van der Waals surface area (Å²) >= 11 is 0. The summed E-state index contributed by atoms with van der Waals surface area (Å²) in [5.74, 6) is 0. The van der Waals surface area contributed by atoms with Crippen LogP contribution in [0, 0.1) is 5.41 Å². The van der Waals surface area contributed by atoms with E-state index in [0.29, 0.717) is 0 Å². The van der Waals surface area contributed by atoms with Crippen molar-refractivity contribution in [1.29, 1.82) is 0 Å². The first-order valence-corrected chi connectivity index (χ1v) is 4.50. The molecule has 1 heterocycles. The van der Waals surface area contributed by atoms with Crippen molar-refractivity contribution in [2.75, 3.05) is 0 Å². The van der Waals surface area contributed by atoms with Crippen LogP contribution in [-0.2, 0) is 0 Å². The van der Waals surface area contributed by atoms with E-state index in [4.69, 9.17) is 0 Å². The number of aliphatic imine (C=N–C) groups is 1. The molecule has 1 heteroatoms. The molecule has 1 aliphatic rings. The predicted molar refractivity (Wildman–Crippen MR) is 56.5 cm³/mol. The third-order valence-electron chi connectivity index (χ3n) is 1.46. The van der Waals surface area contributed by atoms with Gasteiger partial charge in [0.15, 0.2) is 0 Å². The summed E-state index contributed by atoms with van der Waals surface area (Å²) in [4.78, 5) is 4.16. The van der Waals surface area contributed by atoms with Gasteiger partial charge in [0.2, 0.25) is 0 Å². The highest BCUT2D eigenvalue weighted by molar-refractivity contribution is 5.69. The lowest BCUT2D eigenvalue weighted by atomic mass is 9.95. The Hall–Kier alpha value is -0.850. The summed E-state index contributed by atoms with van der Waals surface area (Å²) in [6.07, 6.45) is 8.10. The average Bonchev–Trinajstić information content (AvgIpc) is 2.17. The number of rotatable bonds is 0. The van der Waals surface area contributed by atoms with Gasteiger partial charge in [-0.15, -0.1) is 0 Å². The first-order valence-electron chi connectivity index (χ1n) is 4.50. The van der Waals surface area contributed by atoms with Crippen LogP contribution < -0.4 is 0 Å². The number of nitrogens with zero attached hydrogens (tertiary/aromatic N) is 1. The molecule has 0 radical (unpaired) electrons. The summed E-state index contributed by atoms with van der Waals surface area (Å²) in [6.45, 7) is 10.3. The van der Waals surface area contributed by atoms with Crippen molar-refractivity contribution >= 4 is 6.21 Å². The van der Waals surface area contributed by atoms with Crippen molar-refractivity contribution in [2.45, 2.75) is 34.6 Å². The molecule has 1 nitrogen and oxygen atoms in total. The highest BCUT2D eigenvalue weighted by Gasteiger charge is 2.10. The van der Waals surface area contributed by atoms with Crippen LogP contribution in [0.1, 0.15) is 34.6 Å². The predicted octanol–water partition coefficient (Wildman–Crippen LogP) is 3.58. The van der Waals surface area contributed by atoms with E-state index >= 15 is 0 Å². The van der Waals surface area contributed by atoms with Crippen molar-refractivity contribution in [2.24, 2.45) is 10.4 Å². The smallest absolute Gasteiger partial charge is 0.0293 e. The van der Waals surface area contributed by atoms with E-state index in [9.17, 15) is 0 Å². The fourth-order valence-corrected chi connectivity index (χ4v) is 0.779. The lowest BCUT2D eigenvalue weighted by molar-refractivity contribution is 0.695. The third kappa shape index (κ3) is 4.12. The average molecular weight is 165 g/mol. The Morgan fingerprint density at radius 2 is 1.83 bits per heavy atom. The Morgan fingerprint density at radius 3 is 2.42 bits per heavy atom. The Bertz CT molecular complexity index is 207. The minimum Gasteiger partial charge on any atom is -0.268 e. The maximum absolute atomic E-state index is 4.16. The SMILES string of the molecule is CC.CC1=CN=CC(C)(C)C=C1. The Kier molecular flexibility index (Phi) is 4.57. The van der Waals surface area contributed by atoms with Crippen LogP contribution in [0.15, 0.2) is 28.9 Å². The van der Waals surface area contributed by atoms with Gasteiger partial charge in [-0.2, -0.15) is 0 Å². The summed E-state index contributed by atoms with van der Waals surface area (Å²) < 4.78 is 0. The Balaban J connectivity index is 0.000000561. The van der Waals surface area contributed by atoms with Crippen LogP contribution in [0.5, 0.6) is 0 Å². The molecule has 1 rings (SSSR count). The molecule has 0 aromatic rings. The summed E-state index contributed by atoms with van der Waals surface area (Å²) in [5, 5.41) is 0. The van der Waals surface area contributed by atoms with Crippen molar-refractivity contribution in [1.82, 2.24) is 0 Å². The molecule has 0 atom stereocenters. The molecule has 0 unspecified atom stereocenters. The lowest BCUT2D eigenvalue weighted by Crippen LogP contribution is -2.07. The number of hydrogen-bond donors (Lipinski definition) is 0. The fourth-order valence-electron chi connectivity index (χ4n) is 0.779. The van der Waals surface area contributed by atoms with Gasteiger partial charge < -0.3 is 0 Å².